The van der Waals surface area contributed by atoms with Crippen molar-refractivity contribution in [2.75, 3.05) is 27.2 Å². The molecule has 20 heavy (non-hydrogen) atoms. The van der Waals surface area contributed by atoms with E-state index < -0.39 is 6.10 Å². The van der Waals surface area contributed by atoms with E-state index in [9.17, 15) is 9.90 Å². The zero-order chi connectivity index (χ0) is 15.0. The van der Waals surface area contributed by atoms with Crippen LogP contribution in [-0.4, -0.2) is 55.2 Å². The van der Waals surface area contributed by atoms with Crippen molar-refractivity contribution in [1.29, 1.82) is 0 Å². The fraction of sp³-hybridized carbons (Fsp3) is 0.933. The molecule has 0 saturated heterocycles. The maximum absolute atomic E-state index is 11.5. The van der Waals surface area contributed by atoms with E-state index in [-0.39, 0.29) is 11.9 Å². The predicted molar refractivity (Wildman–Crippen MR) is 81.4 cm³/mol. The number of hydrogen-bond acceptors (Lipinski definition) is 4. The second kappa shape index (κ2) is 9.32. The highest BCUT2D eigenvalue weighted by Crippen LogP contribution is 2.27. The van der Waals surface area contributed by atoms with E-state index in [2.05, 4.69) is 5.32 Å². The van der Waals surface area contributed by atoms with Crippen LogP contribution in [0.25, 0.3) is 0 Å². The van der Waals surface area contributed by atoms with Gasteiger partial charge in [-0.3, -0.25) is 4.79 Å². The molecule has 0 spiro atoms. The van der Waals surface area contributed by atoms with Gasteiger partial charge in [-0.2, -0.15) is 0 Å². The summed E-state index contributed by atoms with van der Waals surface area (Å²) in [4.78, 5) is 13.3. The van der Waals surface area contributed by atoms with E-state index in [1.54, 1.807) is 0 Å². The van der Waals surface area contributed by atoms with E-state index >= 15 is 0 Å². The lowest BCUT2D eigenvalue weighted by Crippen LogP contribution is -2.40. The topological polar surface area (TPSA) is 78.6 Å². The largest absolute Gasteiger partial charge is 0.391 e. The van der Waals surface area contributed by atoms with Crippen molar-refractivity contribution < 1.29 is 9.90 Å². The summed E-state index contributed by atoms with van der Waals surface area (Å²) in [7, 11) is 3.71. The smallest absolute Gasteiger partial charge is 0.234 e. The molecule has 1 amide bonds. The van der Waals surface area contributed by atoms with E-state index in [1.165, 1.54) is 32.1 Å². The molecular formula is C15H31N3O2. The number of nitrogens with one attached hydrogen (secondary N) is 1. The second-order valence-electron chi connectivity index (χ2n) is 6.35. The second-order valence-corrected chi connectivity index (χ2v) is 6.35. The SMILES string of the molecule is CN(C)CC(=O)NCC[C@H](O)[C@@H](N)CC1CCCCC1. The van der Waals surface area contributed by atoms with Gasteiger partial charge in [-0.25, -0.2) is 0 Å². The van der Waals surface area contributed by atoms with E-state index in [0.29, 0.717) is 25.4 Å². The third kappa shape index (κ3) is 7.22. The predicted octanol–water partition coefficient (Wildman–Crippen LogP) is 0.713. The summed E-state index contributed by atoms with van der Waals surface area (Å²) in [5, 5.41) is 12.9. The average molecular weight is 285 g/mol. The Balaban J connectivity index is 2.14. The molecule has 0 radical (unpaired) electrons. The summed E-state index contributed by atoms with van der Waals surface area (Å²) < 4.78 is 0. The van der Waals surface area contributed by atoms with Gasteiger partial charge >= 0.3 is 0 Å². The molecule has 0 aliphatic heterocycles. The lowest BCUT2D eigenvalue weighted by atomic mass is 9.83. The van der Waals surface area contributed by atoms with Gasteiger partial charge in [0.25, 0.3) is 0 Å². The molecule has 1 fully saturated rings. The fourth-order valence-corrected chi connectivity index (χ4v) is 2.88. The number of rotatable bonds is 8. The minimum absolute atomic E-state index is 0.0111. The Morgan fingerprint density at radius 3 is 2.60 bits per heavy atom. The summed E-state index contributed by atoms with van der Waals surface area (Å²) in [5.74, 6) is 0.666. The Bertz CT molecular complexity index is 278. The Kier molecular flexibility index (Phi) is 8.11. The summed E-state index contributed by atoms with van der Waals surface area (Å²) in [6.45, 7) is 0.871. The first kappa shape index (κ1) is 17.4. The van der Waals surface area contributed by atoms with Gasteiger partial charge in [0.1, 0.15) is 0 Å². The molecule has 1 saturated carbocycles. The van der Waals surface area contributed by atoms with Crippen molar-refractivity contribution in [1.82, 2.24) is 10.2 Å². The highest BCUT2D eigenvalue weighted by atomic mass is 16.3. The normalized spacial score (nSPS) is 19.9. The van der Waals surface area contributed by atoms with Gasteiger partial charge in [-0.05, 0) is 32.9 Å². The molecule has 2 atom stereocenters. The number of likely N-dealkylation sites (N-methyl/N-ethyl adjacent to an activating group) is 1. The average Bonchev–Trinajstić information content (AvgIpc) is 2.38. The van der Waals surface area contributed by atoms with Gasteiger partial charge in [0.15, 0.2) is 0 Å². The molecule has 1 aliphatic carbocycles. The van der Waals surface area contributed by atoms with Crippen LogP contribution in [0.15, 0.2) is 0 Å². The van der Waals surface area contributed by atoms with Gasteiger partial charge < -0.3 is 21.1 Å². The zero-order valence-corrected chi connectivity index (χ0v) is 13.0. The lowest BCUT2D eigenvalue weighted by molar-refractivity contribution is -0.121. The Hall–Kier alpha value is -0.650. The van der Waals surface area contributed by atoms with Gasteiger partial charge in [-0.15, -0.1) is 0 Å². The third-order valence-corrected chi connectivity index (χ3v) is 4.05. The van der Waals surface area contributed by atoms with Crippen molar-refractivity contribution >= 4 is 5.91 Å². The molecule has 1 rings (SSSR count). The molecule has 0 aromatic rings. The highest BCUT2D eigenvalue weighted by Gasteiger charge is 2.21. The number of aliphatic hydroxyl groups excluding tert-OH is 1. The minimum Gasteiger partial charge on any atom is -0.391 e. The minimum atomic E-state index is -0.517. The van der Waals surface area contributed by atoms with Crippen LogP contribution in [0.5, 0.6) is 0 Å². The maximum atomic E-state index is 11.5. The molecule has 0 unspecified atom stereocenters. The van der Waals surface area contributed by atoms with Crippen LogP contribution >= 0.6 is 0 Å². The molecule has 0 bridgehead atoms. The maximum Gasteiger partial charge on any atom is 0.234 e. The zero-order valence-electron chi connectivity index (χ0n) is 13.0. The highest BCUT2D eigenvalue weighted by molar-refractivity contribution is 5.77. The lowest BCUT2D eigenvalue weighted by Gasteiger charge is -2.27. The van der Waals surface area contributed by atoms with Crippen molar-refractivity contribution in [3.05, 3.63) is 0 Å². The molecule has 5 nitrogen and oxygen atoms in total. The van der Waals surface area contributed by atoms with E-state index in [4.69, 9.17) is 5.73 Å². The number of amides is 1. The van der Waals surface area contributed by atoms with Gasteiger partial charge in [0.2, 0.25) is 5.91 Å². The number of carbonyl (C=O) groups is 1. The molecule has 0 heterocycles. The number of carbonyl (C=O) groups excluding carboxylic acids is 1. The van der Waals surface area contributed by atoms with E-state index in [1.807, 2.05) is 19.0 Å². The van der Waals surface area contributed by atoms with Crippen LogP contribution in [0, 0.1) is 5.92 Å². The number of aliphatic hydroxyl groups is 1. The van der Waals surface area contributed by atoms with Crippen LogP contribution in [0.1, 0.15) is 44.9 Å². The van der Waals surface area contributed by atoms with Gasteiger partial charge in [0.05, 0.1) is 12.6 Å². The summed E-state index contributed by atoms with van der Waals surface area (Å²) >= 11 is 0. The van der Waals surface area contributed by atoms with Crippen LogP contribution in [0.2, 0.25) is 0 Å². The van der Waals surface area contributed by atoms with Crippen molar-refractivity contribution in [2.45, 2.75) is 57.1 Å². The van der Waals surface area contributed by atoms with Crippen molar-refractivity contribution in [3.63, 3.8) is 0 Å². The molecule has 118 valence electrons. The number of nitrogens with zero attached hydrogens (tertiary/aromatic N) is 1. The summed E-state index contributed by atoms with van der Waals surface area (Å²) in [5.41, 5.74) is 6.07. The third-order valence-electron chi connectivity index (χ3n) is 4.05. The molecule has 4 N–H and O–H groups in total. The Morgan fingerprint density at radius 2 is 2.00 bits per heavy atom. The quantitative estimate of drug-likeness (QED) is 0.614. The van der Waals surface area contributed by atoms with Crippen LogP contribution in [0.4, 0.5) is 0 Å². The number of hydrogen-bond donors (Lipinski definition) is 3. The Labute approximate surface area is 122 Å². The van der Waals surface area contributed by atoms with Crippen molar-refractivity contribution in [2.24, 2.45) is 11.7 Å². The molecular weight excluding hydrogens is 254 g/mol. The first-order valence-electron chi connectivity index (χ1n) is 7.84. The molecule has 5 heteroatoms. The molecule has 1 aliphatic rings. The first-order valence-corrected chi connectivity index (χ1v) is 7.84. The summed E-state index contributed by atoms with van der Waals surface area (Å²) in [6, 6.07) is -0.163. The first-order chi connectivity index (χ1) is 9.49. The van der Waals surface area contributed by atoms with Gasteiger partial charge in [-0.1, -0.05) is 32.1 Å². The monoisotopic (exact) mass is 285 g/mol. The number of nitrogens with two attached hydrogens (primary N) is 1. The van der Waals surface area contributed by atoms with Crippen LogP contribution < -0.4 is 11.1 Å². The van der Waals surface area contributed by atoms with Crippen LogP contribution in [0.3, 0.4) is 0 Å². The fourth-order valence-electron chi connectivity index (χ4n) is 2.88. The van der Waals surface area contributed by atoms with Crippen LogP contribution in [-0.2, 0) is 4.79 Å². The van der Waals surface area contributed by atoms with Crippen molar-refractivity contribution in [3.8, 4) is 0 Å². The van der Waals surface area contributed by atoms with Gasteiger partial charge in [0, 0.05) is 12.6 Å². The van der Waals surface area contributed by atoms with E-state index in [0.717, 1.165) is 6.42 Å². The standard InChI is InChI=1S/C15H31N3O2/c1-18(2)11-15(20)17-9-8-14(19)13(16)10-12-6-4-3-5-7-12/h12-14,19H,3-11,16H2,1-2H3,(H,17,20)/t13-,14-/m0/s1. The molecule has 0 aromatic heterocycles. The summed E-state index contributed by atoms with van der Waals surface area (Å²) in [6.07, 6.45) is 7.37. The Morgan fingerprint density at radius 1 is 1.35 bits per heavy atom. The molecule has 0 aromatic carbocycles.